The van der Waals surface area contributed by atoms with Gasteiger partial charge in [0.1, 0.15) is 11.3 Å². The van der Waals surface area contributed by atoms with Crippen molar-refractivity contribution < 1.29 is 5.11 Å². The Bertz CT molecular complexity index is 938. The van der Waals surface area contributed by atoms with Crippen molar-refractivity contribution in [2.24, 2.45) is 11.8 Å². The van der Waals surface area contributed by atoms with Crippen LogP contribution in [0.25, 0.3) is 11.0 Å². The van der Waals surface area contributed by atoms with Gasteiger partial charge in [-0.1, -0.05) is 30.3 Å². The molecule has 134 valence electrons. The number of aliphatic hydroxyl groups is 1. The summed E-state index contributed by atoms with van der Waals surface area (Å²) in [4.78, 5) is 14.9. The second kappa shape index (κ2) is 5.81. The smallest absolute Gasteiger partial charge is 0.156 e. The van der Waals surface area contributed by atoms with Crippen molar-refractivity contribution in [3.8, 4) is 0 Å². The first-order valence-electron chi connectivity index (χ1n) is 9.50. The zero-order valence-electron chi connectivity index (χ0n) is 15.0. The molecule has 1 aliphatic carbocycles. The van der Waals surface area contributed by atoms with Gasteiger partial charge in [0, 0.05) is 25.2 Å². The third-order valence-electron chi connectivity index (χ3n) is 6.26. The number of aromatic amines is 1. The number of nitrogens with zero attached hydrogens (tertiary/aromatic N) is 3. The highest BCUT2D eigenvalue weighted by molar-refractivity contribution is 5.86. The van der Waals surface area contributed by atoms with E-state index in [1.807, 2.05) is 37.4 Å². The average molecular weight is 348 g/mol. The van der Waals surface area contributed by atoms with Gasteiger partial charge in [-0.2, -0.15) is 0 Å². The van der Waals surface area contributed by atoms with E-state index in [9.17, 15) is 5.11 Å². The number of anilines is 1. The van der Waals surface area contributed by atoms with E-state index >= 15 is 0 Å². The molecule has 1 aliphatic heterocycles. The molecule has 0 bridgehead atoms. The highest BCUT2D eigenvalue weighted by atomic mass is 16.3. The van der Waals surface area contributed by atoms with Gasteiger partial charge in [-0.3, -0.25) is 0 Å². The second-order valence-electron chi connectivity index (χ2n) is 7.79. The summed E-state index contributed by atoms with van der Waals surface area (Å²) in [7, 11) is 0. The number of aryl methyl sites for hydroxylation is 1. The van der Waals surface area contributed by atoms with E-state index in [2.05, 4.69) is 27.0 Å². The first-order valence-corrected chi connectivity index (χ1v) is 9.50. The number of hydrogen-bond donors (Lipinski definition) is 2. The molecule has 2 fully saturated rings. The van der Waals surface area contributed by atoms with Gasteiger partial charge in [0.05, 0.1) is 11.1 Å². The van der Waals surface area contributed by atoms with Gasteiger partial charge in [-0.25, -0.2) is 9.97 Å². The van der Waals surface area contributed by atoms with Crippen LogP contribution in [0, 0.1) is 18.8 Å². The molecule has 5 rings (SSSR count). The Morgan fingerprint density at radius 2 is 2.00 bits per heavy atom. The maximum Gasteiger partial charge on any atom is 0.156 e. The molecule has 0 radical (unpaired) electrons. The van der Waals surface area contributed by atoms with Gasteiger partial charge >= 0.3 is 0 Å². The number of rotatable bonds is 2. The fourth-order valence-electron chi connectivity index (χ4n) is 5.05. The molecule has 1 saturated carbocycles. The minimum Gasteiger partial charge on any atom is -0.385 e. The molecule has 3 heterocycles. The Hall–Kier alpha value is -2.40. The third kappa shape index (κ3) is 2.34. The van der Waals surface area contributed by atoms with Crippen LogP contribution in [0.1, 0.15) is 30.7 Å². The van der Waals surface area contributed by atoms with Crippen molar-refractivity contribution in [2.45, 2.75) is 31.8 Å². The van der Waals surface area contributed by atoms with E-state index < -0.39 is 5.60 Å². The molecule has 0 spiro atoms. The summed E-state index contributed by atoms with van der Waals surface area (Å²) in [6.07, 6.45) is 5.01. The molecular weight excluding hydrogens is 324 g/mol. The number of nitrogens with one attached hydrogen (secondary N) is 1. The lowest BCUT2D eigenvalue weighted by atomic mass is 9.67. The first-order chi connectivity index (χ1) is 12.6. The van der Waals surface area contributed by atoms with Crippen LogP contribution in [0.3, 0.4) is 0 Å². The lowest BCUT2D eigenvalue weighted by Crippen LogP contribution is -2.42. The summed E-state index contributed by atoms with van der Waals surface area (Å²) >= 11 is 0. The van der Waals surface area contributed by atoms with Crippen molar-refractivity contribution in [3.63, 3.8) is 0 Å². The molecular formula is C21H24N4O. The van der Waals surface area contributed by atoms with Crippen LogP contribution in [0.4, 0.5) is 5.82 Å². The van der Waals surface area contributed by atoms with Gasteiger partial charge in [0.15, 0.2) is 5.82 Å². The van der Waals surface area contributed by atoms with Crippen molar-refractivity contribution in [2.75, 3.05) is 18.0 Å². The zero-order valence-corrected chi connectivity index (χ0v) is 15.0. The van der Waals surface area contributed by atoms with Crippen molar-refractivity contribution in [1.29, 1.82) is 0 Å². The van der Waals surface area contributed by atoms with E-state index in [1.54, 1.807) is 0 Å². The SMILES string of the molecule is Cc1nc(N2C[C@@H]3CCC[C@@](O)(c4ccccc4)[C@@H]3C2)c2[nH]ccc2n1. The quantitative estimate of drug-likeness (QED) is 0.745. The standard InChI is InChI=1S/C21H24N4O/c1-14-23-18-9-11-22-19(18)20(24-14)25-12-15-6-5-10-21(26,17(15)13-25)16-7-3-2-4-8-16/h2-4,7-9,11,15,17,22,26H,5-6,10,12-13H2,1H3/t15-,17+,21+/m0/s1. The summed E-state index contributed by atoms with van der Waals surface area (Å²) in [5.41, 5.74) is 2.27. The summed E-state index contributed by atoms with van der Waals surface area (Å²) in [6.45, 7) is 3.73. The topological polar surface area (TPSA) is 65.0 Å². The minimum absolute atomic E-state index is 0.235. The molecule has 5 nitrogen and oxygen atoms in total. The predicted molar refractivity (Wildman–Crippen MR) is 102 cm³/mol. The van der Waals surface area contributed by atoms with Gasteiger partial charge in [-0.05, 0) is 43.7 Å². The van der Waals surface area contributed by atoms with Gasteiger partial charge in [0.2, 0.25) is 0 Å². The Balaban J connectivity index is 1.53. The van der Waals surface area contributed by atoms with Crippen LogP contribution < -0.4 is 4.90 Å². The van der Waals surface area contributed by atoms with Crippen LogP contribution in [-0.2, 0) is 5.60 Å². The highest BCUT2D eigenvalue weighted by Crippen LogP contribution is 2.49. The monoisotopic (exact) mass is 348 g/mol. The van der Waals surface area contributed by atoms with Crippen LogP contribution in [0.15, 0.2) is 42.6 Å². The van der Waals surface area contributed by atoms with Crippen LogP contribution in [0.5, 0.6) is 0 Å². The van der Waals surface area contributed by atoms with E-state index in [-0.39, 0.29) is 5.92 Å². The first kappa shape index (κ1) is 15.8. The molecule has 1 aromatic carbocycles. The van der Waals surface area contributed by atoms with Gasteiger partial charge in [-0.15, -0.1) is 0 Å². The number of benzene rings is 1. The van der Waals surface area contributed by atoms with Crippen molar-refractivity contribution in [3.05, 3.63) is 54.0 Å². The zero-order chi connectivity index (χ0) is 17.7. The van der Waals surface area contributed by atoms with E-state index in [1.165, 1.54) is 6.42 Å². The molecule has 5 heteroatoms. The fraction of sp³-hybridized carbons (Fsp3) is 0.429. The minimum atomic E-state index is -0.740. The fourth-order valence-corrected chi connectivity index (χ4v) is 5.05. The maximum atomic E-state index is 11.6. The highest BCUT2D eigenvalue weighted by Gasteiger charge is 2.50. The second-order valence-corrected chi connectivity index (χ2v) is 7.79. The summed E-state index contributed by atoms with van der Waals surface area (Å²) in [5.74, 6) is 2.50. The molecule has 2 N–H and O–H groups in total. The largest absolute Gasteiger partial charge is 0.385 e. The Morgan fingerprint density at radius 1 is 1.15 bits per heavy atom. The number of hydrogen-bond acceptors (Lipinski definition) is 4. The average Bonchev–Trinajstić information content (AvgIpc) is 3.29. The van der Waals surface area contributed by atoms with Crippen molar-refractivity contribution in [1.82, 2.24) is 15.0 Å². The summed E-state index contributed by atoms with van der Waals surface area (Å²) in [5, 5.41) is 11.6. The molecule has 26 heavy (non-hydrogen) atoms. The van der Waals surface area contributed by atoms with Crippen LogP contribution in [-0.4, -0.2) is 33.1 Å². The third-order valence-corrected chi connectivity index (χ3v) is 6.26. The lowest BCUT2D eigenvalue weighted by molar-refractivity contribution is -0.0631. The van der Waals surface area contributed by atoms with Crippen molar-refractivity contribution >= 4 is 16.9 Å². The number of fused-ring (bicyclic) bond motifs is 2. The molecule has 2 aliphatic rings. The molecule has 0 amide bonds. The predicted octanol–water partition coefficient (Wildman–Crippen LogP) is 3.39. The van der Waals surface area contributed by atoms with E-state index in [0.717, 1.165) is 54.2 Å². The molecule has 1 saturated heterocycles. The van der Waals surface area contributed by atoms with E-state index in [4.69, 9.17) is 4.98 Å². The molecule has 2 aromatic heterocycles. The summed E-state index contributed by atoms with van der Waals surface area (Å²) in [6, 6.07) is 12.2. The van der Waals surface area contributed by atoms with Crippen LogP contribution in [0.2, 0.25) is 0 Å². The molecule has 3 atom stereocenters. The Labute approximate surface area is 153 Å². The van der Waals surface area contributed by atoms with Crippen LogP contribution >= 0.6 is 0 Å². The normalized spacial score (nSPS) is 28.5. The Kier molecular flexibility index (Phi) is 3.54. The van der Waals surface area contributed by atoms with Gasteiger partial charge < -0.3 is 15.0 Å². The molecule has 0 unspecified atom stereocenters. The number of aromatic nitrogens is 3. The Morgan fingerprint density at radius 3 is 2.85 bits per heavy atom. The lowest BCUT2D eigenvalue weighted by Gasteiger charge is -2.41. The van der Waals surface area contributed by atoms with E-state index in [0.29, 0.717) is 5.92 Å². The van der Waals surface area contributed by atoms with Gasteiger partial charge in [0.25, 0.3) is 0 Å². The number of H-pyrrole nitrogens is 1. The summed E-state index contributed by atoms with van der Waals surface area (Å²) < 4.78 is 0. The molecule has 3 aromatic rings. The maximum absolute atomic E-state index is 11.6.